The number of benzene rings is 1. The highest BCUT2D eigenvalue weighted by atomic mass is 16.2. The summed E-state index contributed by atoms with van der Waals surface area (Å²) in [6.45, 7) is 1.58. The Morgan fingerprint density at radius 2 is 2.00 bits per heavy atom. The third-order valence-electron chi connectivity index (χ3n) is 6.47. The van der Waals surface area contributed by atoms with Crippen LogP contribution in [0.25, 0.3) is 0 Å². The van der Waals surface area contributed by atoms with Gasteiger partial charge < -0.3 is 10.2 Å². The molecule has 6 heteroatoms. The molecule has 3 aliphatic rings. The van der Waals surface area contributed by atoms with Crippen LogP contribution in [0.4, 0.5) is 0 Å². The SMILES string of the molecule is CN1C(=O)C2CCNN2C2CCC(C(=O)NCCCc3ccccc3)CC21. The number of hydrogen-bond donors (Lipinski definition) is 2. The fourth-order valence-corrected chi connectivity index (χ4v) is 4.97. The second-order valence-corrected chi connectivity index (χ2v) is 8.09. The summed E-state index contributed by atoms with van der Waals surface area (Å²) in [5.74, 6) is 0.362. The van der Waals surface area contributed by atoms with E-state index in [-0.39, 0.29) is 29.8 Å². The number of piperazine rings is 1. The van der Waals surface area contributed by atoms with Crippen LogP contribution in [0.3, 0.4) is 0 Å². The van der Waals surface area contributed by atoms with Gasteiger partial charge in [0.1, 0.15) is 6.04 Å². The molecule has 4 rings (SSSR count). The highest BCUT2D eigenvalue weighted by Gasteiger charge is 2.50. The fraction of sp³-hybridized carbons (Fsp3) is 0.619. The maximum absolute atomic E-state index is 12.7. The number of hydrazine groups is 1. The zero-order chi connectivity index (χ0) is 18.8. The van der Waals surface area contributed by atoms with Crippen LogP contribution in [0.5, 0.6) is 0 Å². The summed E-state index contributed by atoms with van der Waals surface area (Å²) >= 11 is 0. The molecule has 2 heterocycles. The molecule has 0 spiro atoms. The van der Waals surface area contributed by atoms with Crippen LogP contribution in [0.1, 0.15) is 37.7 Å². The molecule has 1 saturated carbocycles. The van der Waals surface area contributed by atoms with E-state index in [9.17, 15) is 9.59 Å². The first-order chi connectivity index (χ1) is 13.1. The smallest absolute Gasteiger partial charge is 0.241 e. The monoisotopic (exact) mass is 370 g/mol. The quantitative estimate of drug-likeness (QED) is 0.768. The van der Waals surface area contributed by atoms with Crippen LogP contribution < -0.4 is 10.7 Å². The van der Waals surface area contributed by atoms with Crippen molar-refractivity contribution < 1.29 is 9.59 Å². The average Bonchev–Trinajstić information content (AvgIpc) is 3.20. The van der Waals surface area contributed by atoms with Gasteiger partial charge in [0.25, 0.3) is 0 Å². The van der Waals surface area contributed by atoms with Crippen LogP contribution in [-0.4, -0.2) is 60.0 Å². The number of aryl methyl sites for hydroxylation is 1. The molecule has 1 aliphatic carbocycles. The molecule has 0 bridgehead atoms. The molecular weight excluding hydrogens is 340 g/mol. The Hall–Kier alpha value is -1.92. The van der Waals surface area contributed by atoms with Crippen LogP contribution in [0.2, 0.25) is 0 Å². The highest BCUT2D eigenvalue weighted by Crippen LogP contribution is 2.36. The molecule has 2 saturated heterocycles. The second-order valence-electron chi connectivity index (χ2n) is 8.09. The van der Waals surface area contributed by atoms with Gasteiger partial charge >= 0.3 is 0 Å². The van der Waals surface area contributed by atoms with Gasteiger partial charge in [-0.05, 0) is 44.1 Å². The van der Waals surface area contributed by atoms with Crippen molar-refractivity contribution in [2.75, 3.05) is 20.1 Å². The first-order valence-electron chi connectivity index (χ1n) is 10.3. The third kappa shape index (κ3) is 3.73. The molecule has 1 aromatic rings. The molecule has 146 valence electrons. The summed E-state index contributed by atoms with van der Waals surface area (Å²) in [6, 6.07) is 10.8. The normalized spacial score (nSPS) is 30.7. The summed E-state index contributed by atoms with van der Waals surface area (Å²) in [4.78, 5) is 27.2. The van der Waals surface area contributed by atoms with Gasteiger partial charge in [-0.25, -0.2) is 5.01 Å². The van der Waals surface area contributed by atoms with Crippen molar-refractivity contribution in [1.29, 1.82) is 0 Å². The Balaban J connectivity index is 1.28. The van der Waals surface area contributed by atoms with Gasteiger partial charge in [-0.1, -0.05) is 30.3 Å². The predicted octanol–water partition coefficient (Wildman–Crippen LogP) is 1.32. The first-order valence-corrected chi connectivity index (χ1v) is 10.3. The van der Waals surface area contributed by atoms with E-state index >= 15 is 0 Å². The molecule has 0 radical (unpaired) electrons. The standard InChI is InChI=1S/C21H30N4O2/c1-24-19-14-16(9-10-17(19)25-18(21(24)27)11-13-23-25)20(26)22-12-5-8-15-6-3-2-4-7-15/h2-4,6-7,16-19,23H,5,8-14H2,1H3,(H,22,26). The average molecular weight is 370 g/mol. The molecule has 4 unspecified atom stereocenters. The number of likely N-dealkylation sites (N-methyl/N-ethyl adjacent to an activating group) is 1. The molecule has 2 amide bonds. The molecule has 2 N–H and O–H groups in total. The number of nitrogens with one attached hydrogen (secondary N) is 2. The number of carbonyl (C=O) groups excluding carboxylic acids is 2. The molecule has 6 nitrogen and oxygen atoms in total. The molecule has 27 heavy (non-hydrogen) atoms. The number of carbonyl (C=O) groups is 2. The van der Waals surface area contributed by atoms with Crippen LogP contribution in [0.15, 0.2) is 30.3 Å². The lowest BCUT2D eigenvalue weighted by Gasteiger charge is -2.50. The van der Waals surface area contributed by atoms with Crippen molar-refractivity contribution in [3.63, 3.8) is 0 Å². The molecular formula is C21H30N4O2. The minimum absolute atomic E-state index is 0.0115. The zero-order valence-electron chi connectivity index (χ0n) is 16.1. The lowest BCUT2D eigenvalue weighted by atomic mass is 9.79. The minimum atomic E-state index is -0.0142. The number of rotatable bonds is 5. The van der Waals surface area contributed by atoms with Gasteiger partial charge in [-0.15, -0.1) is 0 Å². The zero-order valence-corrected chi connectivity index (χ0v) is 16.1. The summed E-state index contributed by atoms with van der Waals surface area (Å²) < 4.78 is 0. The Bertz CT molecular complexity index is 680. The van der Waals surface area contributed by atoms with E-state index in [4.69, 9.17) is 0 Å². The van der Waals surface area contributed by atoms with E-state index in [2.05, 4.69) is 27.9 Å². The highest BCUT2D eigenvalue weighted by molar-refractivity contribution is 5.84. The van der Waals surface area contributed by atoms with Crippen molar-refractivity contribution >= 4 is 11.8 Å². The van der Waals surface area contributed by atoms with Crippen molar-refractivity contribution in [3.05, 3.63) is 35.9 Å². The van der Waals surface area contributed by atoms with Gasteiger partial charge in [-0.3, -0.25) is 15.0 Å². The number of fused-ring (bicyclic) bond motifs is 3. The maximum Gasteiger partial charge on any atom is 0.241 e. The van der Waals surface area contributed by atoms with Crippen molar-refractivity contribution in [3.8, 4) is 0 Å². The summed E-state index contributed by atoms with van der Waals surface area (Å²) in [5, 5.41) is 5.30. The van der Waals surface area contributed by atoms with E-state index in [0.717, 1.165) is 45.1 Å². The Labute approximate surface area is 161 Å². The van der Waals surface area contributed by atoms with Crippen LogP contribution in [0, 0.1) is 5.92 Å². The van der Waals surface area contributed by atoms with Gasteiger partial charge in [0.15, 0.2) is 0 Å². The Kier molecular flexibility index (Phi) is 5.45. The maximum atomic E-state index is 12.7. The molecule has 1 aromatic carbocycles. The Morgan fingerprint density at radius 3 is 2.81 bits per heavy atom. The van der Waals surface area contributed by atoms with E-state index in [1.54, 1.807) is 0 Å². The largest absolute Gasteiger partial charge is 0.356 e. The second kappa shape index (κ2) is 7.98. The van der Waals surface area contributed by atoms with Gasteiger partial charge in [0, 0.05) is 38.1 Å². The van der Waals surface area contributed by atoms with Crippen molar-refractivity contribution in [2.45, 2.75) is 56.7 Å². The van der Waals surface area contributed by atoms with E-state index in [0.29, 0.717) is 12.6 Å². The van der Waals surface area contributed by atoms with E-state index in [1.165, 1.54) is 5.56 Å². The van der Waals surface area contributed by atoms with Crippen molar-refractivity contribution in [1.82, 2.24) is 20.7 Å². The van der Waals surface area contributed by atoms with E-state index in [1.807, 2.05) is 30.1 Å². The fourth-order valence-electron chi connectivity index (χ4n) is 4.97. The van der Waals surface area contributed by atoms with Gasteiger partial charge in [0.2, 0.25) is 11.8 Å². The van der Waals surface area contributed by atoms with Crippen LogP contribution in [-0.2, 0) is 16.0 Å². The molecule has 2 aliphatic heterocycles. The van der Waals surface area contributed by atoms with Gasteiger partial charge in [-0.2, -0.15) is 0 Å². The molecule has 4 atom stereocenters. The molecule has 3 fully saturated rings. The van der Waals surface area contributed by atoms with E-state index < -0.39 is 0 Å². The number of hydrogen-bond acceptors (Lipinski definition) is 4. The minimum Gasteiger partial charge on any atom is -0.356 e. The topological polar surface area (TPSA) is 64.7 Å². The predicted molar refractivity (Wildman–Crippen MR) is 104 cm³/mol. The van der Waals surface area contributed by atoms with Gasteiger partial charge in [0.05, 0.1) is 0 Å². The lowest BCUT2D eigenvalue weighted by Crippen LogP contribution is -2.67. The summed E-state index contributed by atoms with van der Waals surface area (Å²) in [5.41, 5.74) is 4.70. The summed E-state index contributed by atoms with van der Waals surface area (Å²) in [7, 11) is 1.91. The number of amides is 2. The first kappa shape index (κ1) is 18.4. The Morgan fingerprint density at radius 1 is 1.19 bits per heavy atom. The van der Waals surface area contributed by atoms with Crippen LogP contribution >= 0.6 is 0 Å². The number of nitrogens with zero attached hydrogens (tertiary/aromatic N) is 2. The third-order valence-corrected chi connectivity index (χ3v) is 6.47. The molecule has 0 aromatic heterocycles. The lowest BCUT2D eigenvalue weighted by molar-refractivity contribution is -0.153. The van der Waals surface area contributed by atoms with Crippen molar-refractivity contribution in [2.24, 2.45) is 5.92 Å². The summed E-state index contributed by atoms with van der Waals surface area (Å²) in [6.07, 6.45) is 5.45.